The zero-order valence-electron chi connectivity index (χ0n) is 10.4. The van der Waals surface area contributed by atoms with Crippen LogP contribution in [-0.2, 0) is 0 Å². The number of benzene rings is 1. The zero-order valence-corrected chi connectivity index (χ0v) is 10.4. The summed E-state index contributed by atoms with van der Waals surface area (Å²) in [6, 6.07) is 5.26. The van der Waals surface area contributed by atoms with E-state index in [0.29, 0.717) is 22.8 Å². The number of pyridine rings is 1. The molecule has 2 aromatic rings. The van der Waals surface area contributed by atoms with Crippen molar-refractivity contribution in [3.05, 3.63) is 34.1 Å². The number of rotatable bonds is 3. The molecule has 0 spiro atoms. The molecular formula is C14H15NO3. The third-order valence-corrected chi connectivity index (χ3v) is 3.36. The van der Waals surface area contributed by atoms with Crippen LogP contribution in [0.5, 0.6) is 11.5 Å². The number of fused-ring (bicyclic) bond motifs is 1. The van der Waals surface area contributed by atoms with Gasteiger partial charge in [-0.25, -0.2) is 0 Å². The Morgan fingerprint density at radius 2 is 1.94 bits per heavy atom. The summed E-state index contributed by atoms with van der Waals surface area (Å²) in [5, 5.41) is 0.586. The van der Waals surface area contributed by atoms with Gasteiger partial charge >= 0.3 is 0 Å². The minimum atomic E-state index is 0.00477. The minimum absolute atomic E-state index is 0.00477. The van der Waals surface area contributed by atoms with Gasteiger partial charge < -0.3 is 14.5 Å². The Labute approximate surface area is 105 Å². The van der Waals surface area contributed by atoms with Gasteiger partial charge in [0.2, 0.25) is 0 Å². The van der Waals surface area contributed by atoms with E-state index < -0.39 is 0 Å². The first-order valence-electron chi connectivity index (χ1n) is 6.02. The number of nitrogens with one attached hydrogen (secondary N) is 1. The van der Waals surface area contributed by atoms with E-state index in [-0.39, 0.29) is 5.43 Å². The fraction of sp³-hybridized carbons (Fsp3) is 0.357. The Kier molecular flexibility index (Phi) is 2.51. The average Bonchev–Trinajstić information content (AvgIpc) is 3.21. The van der Waals surface area contributed by atoms with Crippen molar-refractivity contribution in [1.29, 1.82) is 0 Å². The van der Waals surface area contributed by atoms with Crippen LogP contribution in [0.3, 0.4) is 0 Å². The minimum Gasteiger partial charge on any atom is -0.497 e. The molecule has 4 nitrogen and oxygen atoms in total. The molecule has 0 saturated heterocycles. The number of ether oxygens (including phenoxy) is 2. The van der Waals surface area contributed by atoms with Crippen molar-refractivity contribution in [2.75, 3.05) is 14.2 Å². The molecule has 18 heavy (non-hydrogen) atoms. The molecule has 94 valence electrons. The van der Waals surface area contributed by atoms with Crippen LogP contribution in [0.25, 0.3) is 10.9 Å². The van der Waals surface area contributed by atoms with Crippen molar-refractivity contribution in [3.63, 3.8) is 0 Å². The van der Waals surface area contributed by atoms with E-state index in [1.165, 1.54) is 0 Å². The predicted molar refractivity (Wildman–Crippen MR) is 69.6 cm³/mol. The number of methoxy groups -OCH3 is 2. The molecule has 0 unspecified atom stereocenters. The number of aromatic nitrogens is 1. The van der Waals surface area contributed by atoms with E-state index in [4.69, 9.17) is 9.47 Å². The summed E-state index contributed by atoms with van der Waals surface area (Å²) in [5.41, 5.74) is 1.80. The predicted octanol–water partition coefficient (Wildman–Crippen LogP) is 2.42. The largest absolute Gasteiger partial charge is 0.497 e. The summed E-state index contributed by atoms with van der Waals surface area (Å²) in [5.74, 6) is 1.75. The first-order valence-corrected chi connectivity index (χ1v) is 6.02. The van der Waals surface area contributed by atoms with Crippen molar-refractivity contribution < 1.29 is 9.47 Å². The van der Waals surface area contributed by atoms with Crippen molar-refractivity contribution in [3.8, 4) is 11.5 Å². The lowest BCUT2D eigenvalue weighted by Crippen LogP contribution is -2.06. The lowest BCUT2D eigenvalue weighted by atomic mass is 10.1. The van der Waals surface area contributed by atoms with Crippen molar-refractivity contribution in [2.45, 2.75) is 18.8 Å². The SMILES string of the molecule is COc1cc(OC)c2c(=O)cc(C3CC3)[nH]c2c1. The molecule has 0 bridgehead atoms. The molecule has 4 heteroatoms. The highest BCUT2D eigenvalue weighted by molar-refractivity contribution is 5.86. The van der Waals surface area contributed by atoms with E-state index in [1.54, 1.807) is 26.4 Å². The van der Waals surface area contributed by atoms with Crippen molar-refractivity contribution in [2.24, 2.45) is 0 Å². The van der Waals surface area contributed by atoms with Gasteiger partial charge in [-0.2, -0.15) is 0 Å². The highest BCUT2D eigenvalue weighted by Crippen LogP contribution is 2.39. The maximum Gasteiger partial charge on any atom is 0.193 e. The van der Waals surface area contributed by atoms with Gasteiger partial charge in [0.05, 0.1) is 25.1 Å². The molecular weight excluding hydrogens is 230 g/mol. The van der Waals surface area contributed by atoms with Crippen LogP contribution >= 0.6 is 0 Å². The van der Waals surface area contributed by atoms with Crippen LogP contribution in [0.2, 0.25) is 0 Å². The molecule has 0 aliphatic heterocycles. The van der Waals surface area contributed by atoms with E-state index in [1.807, 2.05) is 6.07 Å². The standard InChI is InChI=1S/C14H15NO3/c1-17-9-5-11-14(13(6-9)18-2)12(16)7-10(15-11)8-3-4-8/h5-8H,3-4H2,1-2H3,(H,15,16). The number of aromatic amines is 1. The second-order valence-electron chi connectivity index (χ2n) is 4.62. The van der Waals surface area contributed by atoms with Gasteiger partial charge in [-0.3, -0.25) is 4.79 Å². The first-order chi connectivity index (χ1) is 8.72. The van der Waals surface area contributed by atoms with Gasteiger partial charge in [0, 0.05) is 23.9 Å². The Bertz CT molecular complexity index is 656. The summed E-state index contributed by atoms with van der Waals surface area (Å²) in [6.07, 6.45) is 2.31. The number of hydrogen-bond acceptors (Lipinski definition) is 3. The van der Waals surface area contributed by atoms with E-state index in [0.717, 1.165) is 24.1 Å². The molecule has 1 aliphatic rings. The highest BCUT2D eigenvalue weighted by Gasteiger charge is 2.25. The lowest BCUT2D eigenvalue weighted by molar-refractivity contribution is 0.397. The Hall–Kier alpha value is -1.97. The second-order valence-corrected chi connectivity index (χ2v) is 4.62. The number of hydrogen-bond donors (Lipinski definition) is 1. The quantitative estimate of drug-likeness (QED) is 0.903. The van der Waals surface area contributed by atoms with Gasteiger partial charge in [-0.1, -0.05) is 0 Å². The molecule has 1 saturated carbocycles. The van der Waals surface area contributed by atoms with Gasteiger partial charge in [0.1, 0.15) is 11.5 Å². The average molecular weight is 245 g/mol. The van der Waals surface area contributed by atoms with Crippen LogP contribution in [0, 0.1) is 0 Å². The number of H-pyrrole nitrogens is 1. The highest BCUT2D eigenvalue weighted by atomic mass is 16.5. The van der Waals surface area contributed by atoms with Crippen molar-refractivity contribution in [1.82, 2.24) is 4.98 Å². The molecule has 3 rings (SSSR count). The molecule has 0 amide bonds. The third-order valence-electron chi connectivity index (χ3n) is 3.36. The summed E-state index contributed by atoms with van der Waals surface area (Å²) in [7, 11) is 3.16. The van der Waals surface area contributed by atoms with Gasteiger partial charge in [-0.05, 0) is 18.8 Å². The van der Waals surface area contributed by atoms with Crippen LogP contribution < -0.4 is 14.9 Å². The van der Waals surface area contributed by atoms with E-state index in [9.17, 15) is 4.79 Å². The Morgan fingerprint density at radius 1 is 1.17 bits per heavy atom. The summed E-state index contributed by atoms with van der Waals surface area (Å²) in [4.78, 5) is 15.5. The van der Waals surface area contributed by atoms with Crippen LogP contribution in [0.4, 0.5) is 0 Å². The smallest absolute Gasteiger partial charge is 0.193 e. The zero-order chi connectivity index (χ0) is 12.7. The molecule has 0 radical (unpaired) electrons. The molecule has 1 aromatic heterocycles. The van der Waals surface area contributed by atoms with Crippen LogP contribution in [0.15, 0.2) is 23.0 Å². The van der Waals surface area contributed by atoms with Crippen molar-refractivity contribution >= 4 is 10.9 Å². The second kappa shape index (κ2) is 4.05. The maximum absolute atomic E-state index is 12.2. The van der Waals surface area contributed by atoms with Crippen LogP contribution in [0.1, 0.15) is 24.5 Å². The molecule has 1 heterocycles. The van der Waals surface area contributed by atoms with Gasteiger partial charge in [0.15, 0.2) is 5.43 Å². The van der Waals surface area contributed by atoms with Gasteiger partial charge in [-0.15, -0.1) is 0 Å². The third kappa shape index (κ3) is 1.74. The maximum atomic E-state index is 12.2. The fourth-order valence-corrected chi connectivity index (χ4v) is 2.24. The first kappa shape index (κ1) is 11.1. The molecule has 1 aliphatic carbocycles. The van der Waals surface area contributed by atoms with Crippen LogP contribution in [-0.4, -0.2) is 19.2 Å². The molecule has 0 atom stereocenters. The summed E-state index contributed by atoms with van der Waals surface area (Å²) >= 11 is 0. The van der Waals surface area contributed by atoms with E-state index in [2.05, 4.69) is 4.98 Å². The lowest BCUT2D eigenvalue weighted by Gasteiger charge is -2.09. The Balaban J connectivity index is 2.30. The molecule has 1 N–H and O–H groups in total. The molecule has 1 aromatic carbocycles. The normalized spacial score (nSPS) is 14.8. The van der Waals surface area contributed by atoms with E-state index >= 15 is 0 Å². The molecule has 1 fully saturated rings. The van der Waals surface area contributed by atoms with Gasteiger partial charge in [0.25, 0.3) is 0 Å². The fourth-order valence-electron chi connectivity index (χ4n) is 2.24. The monoisotopic (exact) mass is 245 g/mol. The Morgan fingerprint density at radius 3 is 2.56 bits per heavy atom. The summed E-state index contributed by atoms with van der Waals surface area (Å²) < 4.78 is 10.5. The summed E-state index contributed by atoms with van der Waals surface area (Å²) in [6.45, 7) is 0. The topological polar surface area (TPSA) is 51.3 Å².